The molecule has 130 valence electrons. The Morgan fingerprint density at radius 1 is 0.920 bits per heavy atom. The summed E-state index contributed by atoms with van der Waals surface area (Å²) >= 11 is 0. The molecule has 0 aromatic heterocycles. The third-order valence-electron chi connectivity index (χ3n) is 4.21. The summed E-state index contributed by atoms with van der Waals surface area (Å²) in [6.45, 7) is 1.43. The van der Waals surface area contributed by atoms with Gasteiger partial charge in [0.2, 0.25) is 5.91 Å². The maximum absolute atomic E-state index is 12.2. The first-order chi connectivity index (χ1) is 11.9. The lowest BCUT2D eigenvalue weighted by molar-refractivity contribution is -0.148. The van der Waals surface area contributed by atoms with Gasteiger partial charge in [-0.05, 0) is 18.1 Å². The summed E-state index contributed by atoms with van der Waals surface area (Å²) in [5, 5.41) is 8.92. The van der Waals surface area contributed by atoms with E-state index < -0.39 is 12.0 Å². The number of carbonyl (C=O) groups excluding carboxylic acids is 2. The predicted octanol–water partition coefficient (Wildman–Crippen LogP) is 3.25. The Labute approximate surface area is 146 Å². The van der Waals surface area contributed by atoms with E-state index in [-0.39, 0.29) is 24.5 Å². The molecule has 1 N–H and O–H groups in total. The Morgan fingerprint density at radius 3 is 2.04 bits per heavy atom. The van der Waals surface area contributed by atoms with Gasteiger partial charge in [-0.2, -0.15) is 0 Å². The van der Waals surface area contributed by atoms with E-state index in [1.165, 1.54) is 14.0 Å². The molecule has 0 heterocycles. The van der Waals surface area contributed by atoms with Crippen LogP contribution in [0.5, 0.6) is 0 Å². The molecule has 25 heavy (non-hydrogen) atoms. The van der Waals surface area contributed by atoms with Crippen molar-refractivity contribution in [2.75, 3.05) is 7.05 Å². The monoisotopic (exact) mass is 339 g/mol. The average Bonchev–Trinajstić information content (AvgIpc) is 2.65. The van der Waals surface area contributed by atoms with Crippen LogP contribution in [0, 0.1) is 0 Å². The van der Waals surface area contributed by atoms with E-state index in [1.807, 2.05) is 42.5 Å². The summed E-state index contributed by atoms with van der Waals surface area (Å²) in [5.74, 6) is -1.56. The van der Waals surface area contributed by atoms with Gasteiger partial charge in [0.15, 0.2) is 5.78 Å². The molecule has 1 unspecified atom stereocenters. The van der Waals surface area contributed by atoms with Crippen LogP contribution >= 0.6 is 0 Å². The number of benzene rings is 2. The molecule has 0 aliphatic rings. The van der Waals surface area contributed by atoms with Crippen molar-refractivity contribution >= 4 is 17.7 Å². The SMILES string of the molecule is CC(C(=O)O)N(C)C(=O)CCC(=O)c1ccc(-c2ccccc2)cc1. The molecule has 1 amide bonds. The van der Waals surface area contributed by atoms with Crippen molar-refractivity contribution in [2.24, 2.45) is 0 Å². The fourth-order valence-electron chi connectivity index (χ4n) is 2.40. The normalized spacial score (nSPS) is 11.6. The number of Topliss-reactive ketones (excluding diaryl/α,β-unsaturated/α-hetero) is 1. The minimum Gasteiger partial charge on any atom is -0.480 e. The van der Waals surface area contributed by atoms with Crippen molar-refractivity contribution in [2.45, 2.75) is 25.8 Å². The molecule has 0 saturated heterocycles. The van der Waals surface area contributed by atoms with E-state index in [1.54, 1.807) is 12.1 Å². The van der Waals surface area contributed by atoms with Crippen LogP contribution in [0.2, 0.25) is 0 Å². The lowest BCUT2D eigenvalue weighted by atomic mass is 10.0. The fourth-order valence-corrected chi connectivity index (χ4v) is 2.40. The molecule has 5 nitrogen and oxygen atoms in total. The zero-order chi connectivity index (χ0) is 18.4. The topological polar surface area (TPSA) is 74.7 Å². The van der Waals surface area contributed by atoms with Gasteiger partial charge in [0, 0.05) is 25.5 Å². The summed E-state index contributed by atoms with van der Waals surface area (Å²) < 4.78 is 0. The van der Waals surface area contributed by atoms with Crippen LogP contribution in [-0.2, 0) is 9.59 Å². The Balaban J connectivity index is 1.95. The number of hydrogen-bond donors (Lipinski definition) is 1. The summed E-state index contributed by atoms with van der Waals surface area (Å²) in [5.41, 5.74) is 2.63. The van der Waals surface area contributed by atoms with Crippen molar-refractivity contribution in [3.05, 3.63) is 60.2 Å². The molecule has 1 atom stereocenters. The van der Waals surface area contributed by atoms with Gasteiger partial charge in [-0.15, -0.1) is 0 Å². The molecule has 5 heteroatoms. The number of nitrogens with zero attached hydrogens (tertiary/aromatic N) is 1. The van der Waals surface area contributed by atoms with Gasteiger partial charge >= 0.3 is 5.97 Å². The van der Waals surface area contributed by atoms with Crippen molar-refractivity contribution < 1.29 is 19.5 Å². The smallest absolute Gasteiger partial charge is 0.326 e. The van der Waals surface area contributed by atoms with E-state index in [2.05, 4.69) is 0 Å². The number of hydrogen-bond acceptors (Lipinski definition) is 3. The predicted molar refractivity (Wildman–Crippen MR) is 95.3 cm³/mol. The molecule has 0 bridgehead atoms. The molecule has 2 aromatic carbocycles. The summed E-state index contributed by atoms with van der Waals surface area (Å²) in [4.78, 5) is 36.3. The highest BCUT2D eigenvalue weighted by atomic mass is 16.4. The van der Waals surface area contributed by atoms with E-state index >= 15 is 0 Å². The number of carbonyl (C=O) groups is 3. The van der Waals surface area contributed by atoms with Crippen LogP contribution < -0.4 is 0 Å². The number of aliphatic carboxylic acids is 1. The second-order valence-electron chi connectivity index (χ2n) is 5.89. The molecule has 0 spiro atoms. The Kier molecular flexibility index (Phi) is 6.06. The molecule has 0 saturated carbocycles. The molecule has 2 rings (SSSR count). The van der Waals surface area contributed by atoms with Crippen LogP contribution in [0.3, 0.4) is 0 Å². The highest BCUT2D eigenvalue weighted by Gasteiger charge is 2.22. The van der Waals surface area contributed by atoms with E-state index in [9.17, 15) is 14.4 Å². The molecule has 0 fully saturated rings. The van der Waals surface area contributed by atoms with Gasteiger partial charge in [0.05, 0.1) is 0 Å². The van der Waals surface area contributed by atoms with E-state index in [0.717, 1.165) is 16.0 Å². The average molecular weight is 339 g/mol. The largest absolute Gasteiger partial charge is 0.480 e. The number of likely N-dealkylation sites (N-methyl/N-ethyl adjacent to an activating group) is 1. The molecule has 0 radical (unpaired) electrons. The zero-order valence-electron chi connectivity index (χ0n) is 14.3. The quantitative estimate of drug-likeness (QED) is 0.786. The second kappa shape index (κ2) is 8.24. The van der Waals surface area contributed by atoms with Crippen molar-refractivity contribution in [1.82, 2.24) is 4.90 Å². The van der Waals surface area contributed by atoms with Gasteiger partial charge in [0.25, 0.3) is 0 Å². The number of amides is 1. The maximum Gasteiger partial charge on any atom is 0.326 e. The number of ketones is 1. The van der Waals surface area contributed by atoms with Gasteiger partial charge in [0.1, 0.15) is 6.04 Å². The summed E-state index contributed by atoms with van der Waals surface area (Å²) in [7, 11) is 1.43. The number of carboxylic acid groups (broad SMARTS) is 1. The first-order valence-electron chi connectivity index (χ1n) is 8.07. The van der Waals surface area contributed by atoms with Crippen molar-refractivity contribution in [3.8, 4) is 11.1 Å². The Morgan fingerprint density at radius 2 is 1.48 bits per heavy atom. The highest BCUT2D eigenvalue weighted by molar-refractivity contribution is 5.98. The second-order valence-corrected chi connectivity index (χ2v) is 5.89. The summed E-state index contributed by atoms with van der Waals surface area (Å²) in [6, 6.07) is 16.2. The third-order valence-corrected chi connectivity index (χ3v) is 4.21. The molecule has 2 aromatic rings. The van der Waals surface area contributed by atoms with Crippen LogP contribution in [0.4, 0.5) is 0 Å². The van der Waals surface area contributed by atoms with Crippen molar-refractivity contribution in [3.63, 3.8) is 0 Å². The van der Waals surface area contributed by atoms with Crippen LogP contribution in [0.15, 0.2) is 54.6 Å². The van der Waals surface area contributed by atoms with Gasteiger partial charge in [-0.1, -0.05) is 54.6 Å². The third kappa shape index (κ3) is 4.76. The van der Waals surface area contributed by atoms with Gasteiger partial charge in [-0.3, -0.25) is 9.59 Å². The lowest BCUT2D eigenvalue weighted by Gasteiger charge is -2.21. The van der Waals surface area contributed by atoms with Crippen LogP contribution in [-0.4, -0.2) is 40.8 Å². The minimum atomic E-state index is -1.07. The van der Waals surface area contributed by atoms with Gasteiger partial charge < -0.3 is 10.0 Å². The molecule has 0 aliphatic heterocycles. The zero-order valence-corrected chi connectivity index (χ0v) is 14.3. The number of carboxylic acids is 1. The Bertz CT molecular complexity index is 753. The first kappa shape index (κ1) is 18.4. The van der Waals surface area contributed by atoms with Gasteiger partial charge in [-0.25, -0.2) is 4.79 Å². The number of rotatable bonds is 7. The lowest BCUT2D eigenvalue weighted by Crippen LogP contribution is -2.40. The maximum atomic E-state index is 12.2. The molecular weight excluding hydrogens is 318 g/mol. The van der Waals surface area contributed by atoms with Crippen LogP contribution in [0.1, 0.15) is 30.1 Å². The standard InChI is InChI=1S/C20H21NO4/c1-14(20(24)25)21(2)19(23)13-12-18(22)17-10-8-16(9-11-17)15-6-4-3-5-7-15/h3-11,14H,12-13H2,1-2H3,(H,24,25). The van der Waals surface area contributed by atoms with Crippen LogP contribution in [0.25, 0.3) is 11.1 Å². The first-order valence-corrected chi connectivity index (χ1v) is 8.07. The van der Waals surface area contributed by atoms with E-state index in [4.69, 9.17) is 5.11 Å². The fraction of sp³-hybridized carbons (Fsp3) is 0.250. The molecular formula is C20H21NO4. The summed E-state index contributed by atoms with van der Waals surface area (Å²) in [6.07, 6.45) is 0.0492. The Hall–Kier alpha value is -2.95. The minimum absolute atomic E-state index is 0.00656. The van der Waals surface area contributed by atoms with E-state index in [0.29, 0.717) is 5.56 Å². The molecule has 0 aliphatic carbocycles. The highest BCUT2D eigenvalue weighted by Crippen LogP contribution is 2.20. The van der Waals surface area contributed by atoms with Crippen molar-refractivity contribution in [1.29, 1.82) is 0 Å².